The van der Waals surface area contributed by atoms with Crippen molar-refractivity contribution in [2.75, 3.05) is 11.5 Å². The second-order valence-corrected chi connectivity index (χ2v) is 10.4. The minimum absolute atomic E-state index is 0.0583. The van der Waals surface area contributed by atoms with Crippen LogP contribution in [0.2, 0.25) is 0 Å². The molecule has 7 nitrogen and oxygen atoms in total. The number of aliphatic imine (C=N–C) groups is 1. The van der Waals surface area contributed by atoms with E-state index >= 15 is 0 Å². The van der Waals surface area contributed by atoms with E-state index in [0.29, 0.717) is 5.56 Å². The van der Waals surface area contributed by atoms with Gasteiger partial charge in [-0.1, -0.05) is 38.8 Å². The number of rotatable bonds is 10. The molecule has 0 radical (unpaired) electrons. The summed E-state index contributed by atoms with van der Waals surface area (Å²) in [6.07, 6.45) is 3.97. The van der Waals surface area contributed by atoms with Crippen LogP contribution in [0, 0.1) is 43.6 Å². The molecular weight excluding hydrogens is 418 g/mol. The second kappa shape index (κ2) is 8.49. The molecule has 0 spiro atoms. The largest absolute Gasteiger partial charge is 0.386 e. The third-order valence-corrected chi connectivity index (χ3v) is 9.23. The van der Waals surface area contributed by atoms with Gasteiger partial charge in [0.05, 0.1) is 17.1 Å². The molecule has 1 aromatic carbocycles. The van der Waals surface area contributed by atoms with Gasteiger partial charge >= 0.3 is 0 Å². The Morgan fingerprint density at radius 3 is 2.33 bits per heavy atom. The highest BCUT2D eigenvalue weighted by molar-refractivity contribution is 8.18. The monoisotopic (exact) mass is 443 g/mol. The third kappa shape index (κ3) is 2.99. The van der Waals surface area contributed by atoms with Crippen molar-refractivity contribution in [3.05, 3.63) is 39.9 Å². The molecule has 3 atom stereocenters. The molecule has 3 rings (SSSR count). The van der Waals surface area contributed by atoms with Gasteiger partial charge in [0.15, 0.2) is 4.20 Å². The summed E-state index contributed by atoms with van der Waals surface area (Å²) in [6.45, 7) is 4.21. The summed E-state index contributed by atoms with van der Waals surface area (Å²) in [6, 6.07) is 11.0. The number of hydrogen-bond acceptors (Lipinski definition) is 8. The number of fused-ring (bicyclic) bond motifs is 1. The van der Waals surface area contributed by atoms with Crippen molar-refractivity contribution in [3.63, 3.8) is 0 Å². The standard InChI is InChI=1S/C21H25N5O2S2/c1-3-5-10-29-21(30-11-6-4-2)20(14-23)17(19(20,13-22)18(24)25-21)15-8-7-9-16(12-15)26(27)28/h7-9,12,17H,3-6,10-11H2,1-2H3,(H2,24,25). The van der Waals surface area contributed by atoms with Gasteiger partial charge < -0.3 is 5.73 Å². The van der Waals surface area contributed by atoms with Crippen LogP contribution < -0.4 is 5.73 Å². The number of nitriles is 2. The van der Waals surface area contributed by atoms with Gasteiger partial charge in [-0.2, -0.15) is 10.5 Å². The van der Waals surface area contributed by atoms with E-state index in [2.05, 4.69) is 26.0 Å². The van der Waals surface area contributed by atoms with Gasteiger partial charge in [0, 0.05) is 18.1 Å². The number of nitrogens with two attached hydrogens (primary N) is 1. The summed E-state index contributed by atoms with van der Waals surface area (Å²) < 4.78 is -0.888. The maximum absolute atomic E-state index is 11.3. The molecular formula is C21H25N5O2S2. The number of amidine groups is 1. The number of benzene rings is 1. The van der Waals surface area contributed by atoms with Crippen LogP contribution in [-0.2, 0) is 0 Å². The number of nitrogens with zero attached hydrogens (tertiary/aromatic N) is 4. The number of nitro benzene ring substituents is 1. The molecule has 2 N–H and O–H groups in total. The smallest absolute Gasteiger partial charge is 0.269 e. The average molecular weight is 444 g/mol. The number of non-ortho nitro benzene ring substituents is 1. The van der Waals surface area contributed by atoms with Crippen LogP contribution in [-0.4, -0.2) is 26.5 Å². The highest BCUT2D eigenvalue weighted by Crippen LogP contribution is 2.85. The van der Waals surface area contributed by atoms with Gasteiger partial charge in [0.25, 0.3) is 5.69 Å². The first-order valence-electron chi connectivity index (χ1n) is 10.1. The Kier molecular flexibility index (Phi) is 6.35. The van der Waals surface area contributed by atoms with E-state index in [-0.39, 0.29) is 11.5 Å². The fourth-order valence-corrected chi connectivity index (χ4v) is 8.07. The molecule has 1 aromatic rings. The summed E-state index contributed by atoms with van der Waals surface area (Å²) in [5.41, 5.74) is 4.49. The predicted octanol–water partition coefficient (Wildman–Crippen LogP) is 4.80. The van der Waals surface area contributed by atoms with E-state index in [1.54, 1.807) is 35.7 Å². The molecule has 0 aromatic heterocycles. The predicted molar refractivity (Wildman–Crippen MR) is 121 cm³/mol. The number of thioether (sulfide) groups is 2. The number of hydrogen-bond donors (Lipinski definition) is 1. The Morgan fingerprint density at radius 1 is 1.20 bits per heavy atom. The lowest BCUT2D eigenvalue weighted by molar-refractivity contribution is -0.384. The molecule has 1 saturated carbocycles. The normalized spacial score (nSPS) is 28.1. The highest BCUT2D eigenvalue weighted by Gasteiger charge is 2.92. The maximum Gasteiger partial charge on any atom is 0.269 e. The zero-order valence-corrected chi connectivity index (χ0v) is 18.8. The van der Waals surface area contributed by atoms with E-state index in [1.807, 2.05) is 0 Å². The van der Waals surface area contributed by atoms with Crippen molar-refractivity contribution in [2.24, 2.45) is 21.6 Å². The molecule has 0 saturated heterocycles. The lowest BCUT2D eigenvalue weighted by atomic mass is 9.97. The highest BCUT2D eigenvalue weighted by atomic mass is 32.2. The molecule has 3 unspecified atom stereocenters. The van der Waals surface area contributed by atoms with Gasteiger partial charge in [0.2, 0.25) is 0 Å². The van der Waals surface area contributed by atoms with Crippen molar-refractivity contribution in [1.82, 2.24) is 0 Å². The van der Waals surface area contributed by atoms with Gasteiger partial charge in [-0.25, -0.2) is 4.99 Å². The zero-order chi connectivity index (χ0) is 22.0. The lowest BCUT2D eigenvalue weighted by Gasteiger charge is -2.32. The fourth-order valence-electron chi connectivity index (χ4n) is 4.39. The van der Waals surface area contributed by atoms with Crippen molar-refractivity contribution in [3.8, 4) is 12.1 Å². The first-order chi connectivity index (χ1) is 14.4. The molecule has 1 aliphatic heterocycles. The Morgan fingerprint density at radius 2 is 1.83 bits per heavy atom. The van der Waals surface area contributed by atoms with E-state index in [1.165, 1.54) is 12.1 Å². The van der Waals surface area contributed by atoms with Crippen molar-refractivity contribution in [2.45, 2.75) is 49.7 Å². The summed E-state index contributed by atoms with van der Waals surface area (Å²) in [7, 11) is 0. The molecule has 1 heterocycles. The van der Waals surface area contributed by atoms with Crippen LogP contribution in [0.3, 0.4) is 0 Å². The van der Waals surface area contributed by atoms with Crippen molar-refractivity contribution < 1.29 is 4.92 Å². The topological polar surface area (TPSA) is 129 Å². The molecule has 1 aliphatic carbocycles. The van der Waals surface area contributed by atoms with Crippen molar-refractivity contribution >= 4 is 35.0 Å². The molecule has 9 heteroatoms. The van der Waals surface area contributed by atoms with Crippen LogP contribution >= 0.6 is 23.5 Å². The second-order valence-electron chi connectivity index (χ2n) is 7.61. The van der Waals surface area contributed by atoms with Crippen LogP contribution in [0.15, 0.2) is 29.3 Å². The first kappa shape index (κ1) is 22.5. The zero-order valence-electron chi connectivity index (χ0n) is 17.1. The minimum Gasteiger partial charge on any atom is -0.386 e. The van der Waals surface area contributed by atoms with Crippen LogP contribution in [0.1, 0.15) is 51.0 Å². The molecule has 158 valence electrons. The molecule has 30 heavy (non-hydrogen) atoms. The van der Waals surface area contributed by atoms with Crippen LogP contribution in [0.4, 0.5) is 5.69 Å². The van der Waals surface area contributed by atoms with E-state index < -0.39 is 25.9 Å². The van der Waals surface area contributed by atoms with Gasteiger partial charge in [-0.15, -0.1) is 23.5 Å². The summed E-state index contributed by atoms with van der Waals surface area (Å²) >= 11 is 3.19. The van der Waals surface area contributed by atoms with Gasteiger partial charge in [-0.05, 0) is 29.9 Å². The van der Waals surface area contributed by atoms with Crippen LogP contribution in [0.5, 0.6) is 0 Å². The lowest BCUT2D eigenvalue weighted by Crippen LogP contribution is -2.32. The Hall–Kier alpha value is -2.23. The summed E-state index contributed by atoms with van der Waals surface area (Å²) in [5, 5.41) is 32.0. The van der Waals surface area contributed by atoms with Gasteiger partial charge in [0.1, 0.15) is 16.7 Å². The fraction of sp³-hybridized carbons (Fsp3) is 0.571. The third-order valence-electron chi connectivity index (χ3n) is 5.93. The molecule has 0 amide bonds. The minimum atomic E-state index is -1.25. The Bertz CT molecular complexity index is 943. The molecule has 1 fully saturated rings. The average Bonchev–Trinajstić information content (AvgIpc) is 3.33. The quantitative estimate of drug-likeness (QED) is 0.238. The Balaban J connectivity index is 2.12. The maximum atomic E-state index is 11.3. The first-order valence-corrected chi connectivity index (χ1v) is 12.1. The summed E-state index contributed by atoms with van der Waals surface area (Å²) in [4.78, 5) is 15.6. The number of unbranched alkanes of at least 4 members (excludes halogenated alkanes) is 2. The van der Waals surface area contributed by atoms with Crippen LogP contribution in [0.25, 0.3) is 0 Å². The molecule has 2 aliphatic rings. The number of nitro groups is 1. The van der Waals surface area contributed by atoms with E-state index in [0.717, 1.165) is 37.2 Å². The van der Waals surface area contributed by atoms with E-state index in [4.69, 9.17) is 10.7 Å². The SMILES string of the molecule is CCCCSC1(SCCCC)N=C(N)C2(C#N)C(c3cccc([N+](=O)[O-])c3)C12C#N. The van der Waals surface area contributed by atoms with Gasteiger partial charge in [-0.3, -0.25) is 10.1 Å². The van der Waals surface area contributed by atoms with E-state index in [9.17, 15) is 20.6 Å². The molecule has 0 bridgehead atoms. The Labute approximate surface area is 185 Å². The summed E-state index contributed by atoms with van der Waals surface area (Å²) in [5.74, 6) is 1.24. The van der Waals surface area contributed by atoms with Crippen molar-refractivity contribution in [1.29, 1.82) is 10.5 Å².